The molecule has 1 amide bonds. The molecule has 7 heteroatoms. The zero-order valence-electron chi connectivity index (χ0n) is 12.7. The second kappa shape index (κ2) is 7.75. The quantitative estimate of drug-likeness (QED) is 0.759. The topological polar surface area (TPSA) is 84.5 Å². The summed E-state index contributed by atoms with van der Waals surface area (Å²) in [6.07, 6.45) is 0. The molecule has 0 heterocycles. The number of hydrogen-bond donors (Lipinski definition) is 2. The smallest absolute Gasteiger partial charge is 0.240 e. The van der Waals surface area contributed by atoms with Gasteiger partial charge < -0.3 is 10.1 Å². The van der Waals surface area contributed by atoms with Crippen LogP contribution in [0.3, 0.4) is 0 Å². The number of ether oxygens (including phenoxy) is 1. The first-order chi connectivity index (χ1) is 11.0. The fourth-order valence-electron chi connectivity index (χ4n) is 1.87. The second-order valence-corrected chi connectivity index (χ2v) is 6.53. The van der Waals surface area contributed by atoms with Crippen LogP contribution in [-0.4, -0.2) is 27.5 Å². The van der Waals surface area contributed by atoms with Gasteiger partial charge in [-0.3, -0.25) is 4.79 Å². The van der Waals surface area contributed by atoms with Crippen LogP contribution < -0.4 is 14.8 Å². The summed E-state index contributed by atoms with van der Waals surface area (Å²) in [5, 5.41) is 2.58. The molecule has 2 N–H and O–H groups in total. The van der Waals surface area contributed by atoms with Crippen LogP contribution in [0.5, 0.6) is 5.75 Å². The van der Waals surface area contributed by atoms with Gasteiger partial charge in [-0.15, -0.1) is 0 Å². The van der Waals surface area contributed by atoms with Crippen molar-refractivity contribution in [3.05, 3.63) is 54.6 Å². The number of benzene rings is 2. The van der Waals surface area contributed by atoms with Crippen LogP contribution in [0.2, 0.25) is 0 Å². The highest BCUT2D eigenvalue weighted by atomic mass is 32.2. The lowest BCUT2D eigenvalue weighted by Gasteiger charge is -2.09. The lowest BCUT2D eigenvalue weighted by atomic mass is 10.3. The van der Waals surface area contributed by atoms with Crippen LogP contribution in [-0.2, 0) is 14.8 Å². The van der Waals surface area contributed by atoms with E-state index < -0.39 is 10.0 Å². The van der Waals surface area contributed by atoms with Crippen molar-refractivity contribution in [3.63, 3.8) is 0 Å². The van der Waals surface area contributed by atoms with E-state index in [9.17, 15) is 13.2 Å². The molecular weight excluding hydrogens is 316 g/mol. The van der Waals surface area contributed by atoms with Gasteiger partial charge in [-0.2, -0.15) is 0 Å². The highest BCUT2D eigenvalue weighted by molar-refractivity contribution is 7.89. The average Bonchev–Trinajstić information content (AvgIpc) is 2.53. The predicted octanol–water partition coefficient (Wildman–Crippen LogP) is 2.00. The number of anilines is 1. The zero-order valence-corrected chi connectivity index (χ0v) is 13.5. The van der Waals surface area contributed by atoms with Gasteiger partial charge in [-0.1, -0.05) is 18.2 Å². The van der Waals surface area contributed by atoms with Gasteiger partial charge in [0.15, 0.2) is 0 Å². The van der Waals surface area contributed by atoms with Crippen LogP contribution >= 0.6 is 0 Å². The van der Waals surface area contributed by atoms with Crippen LogP contribution in [0, 0.1) is 0 Å². The molecule has 0 aliphatic rings. The number of carbonyl (C=O) groups is 1. The van der Waals surface area contributed by atoms with Gasteiger partial charge in [-0.05, 0) is 36.4 Å². The summed E-state index contributed by atoms with van der Waals surface area (Å²) < 4.78 is 32.1. The maximum absolute atomic E-state index is 12.1. The monoisotopic (exact) mass is 334 g/mol. The Morgan fingerprint density at radius 3 is 2.30 bits per heavy atom. The van der Waals surface area contributed by atoms with E-state index in [1.807, 2.05) is 18.2 Å². The molecule has 0 radical (unpaired) electrons. The van der Waals surface area contributed by atoms with Crippen LogP contribution in [0.1, 0.15) is 6.92 Å². The molecule has 23 heavy (non-hydrogen) atoms. The molecular formula is C16H18N2O4S. The van der Waals surface area contributed by atoms with E-state index in [1.165, 1.54) is 31.2 Å². The summed E-state index contributed by atoms with van der Waals surface area (Å²) in [4.78, 5) is 11.1. The van der Waals surface area contributed by atoms with Crippen LogP contribution in [0.25, 0.3) is 0 Å². The maximum Gasteiger partial charge on any atom is 0.240 e. The number of rotatable bonds is 7. The molecule has 0 unspecified atom stereocenters. The fraction of sp³-hybridized carbons (Fsp3) is 0.188. The summed E-state index contributed by atoms with van der Waals surface area (Å²) >= 11 is 0. The molecule has 0 fully saturated rings. The minimum atomic E-state index is -3.60. The third-order valence-electron chi connectivity index (χ3n) is 2.89. The van der Waals surface area contributed by atoms with E-state index in [0.717, 1.165) is 0 Å². The Morgan fingerprint density at radius 1 is 1.04 bits per heavy atom. The lowest BCUT2D eigenvalue weighted by molar-refractivity contribution is -0.114. The van der Waals surface area contributed by atoms with E-state index in [4.69, 9.17) is 4.74 Å². The van der Waals surface area contributed by atoms with E-state index in [-0.39, 0.29) is 24.0 Å². The zero-order chi connectivity index (χ0) is 16.7. The molecule has 2 aromatic rings. The number of carbonyl (C=O) groups excluding carboxylic acids is 1. The van der Waals surface area contributed by atoms with E-state index >= 15 is 0 Å². The Morgan fingerprint density at radius 2 is 1.70 bits per heavy atom. The van der Waals surface area contributed by atoms with E-state index in [2.05, 4.69) is 10.0 Å². The van der Waals surface area contributed by atoms with Crippen molar-refractivity contribution >= 4 is 21.6 Å². The number of nitrogens with one attached hydrogen (secondary N) is 2. The van der Waals surface area contributed by atoms with Crippen LogP contribution in [0.15, 0.2) is 59.5 Å². The maximum atomic E-state index is 12.1. The number of amides is 1. The van der Waals surface area contributed by atoms with Crippen molar-refractivity contribution < 1.29 is 17.9 Å². The van der Waals surface area contributed by atoms with Crippen molar-refractivity contribution in [2.24, 2.45) is 0 Å². The normalized spacial score (nSPS) is 11.0. The first kappa shape index (κ1) is 17.0. The average molecular weight is 334 g/mol. The number of para-hydroxylation sites is 1. The Kier molecular flexibility index (Phi) is 5.72. The summed E-state index contributed by atoms with van der Waals surface area (Å²) in [5.74, 6) is 0.475. The van der Waals surface area contributed by atoms with Crippen molar-refractivity contribution in [1.82, 2.24) is 4.72 Å². The van der Waals surface area contributed by atoms with Gasteiger partial charge in [0.2, 0.25) is 15.9 Å². The summed E-state index contributed by atoms with van der Waals surface area (Å²) in [6.45, 7) is 1.77. The Balaban J connectivity index is 1.87. The molecule has 0 atom stereocenters. The van der Waals surface area contributed by atoms with E-state index in [1.54, 1.807) is 12.1 Å². The Bertz CT molecular complexity index is 743. The standard InChI is InChI=1S/C16H18N2O4S/c1-13(19)18-14-7-9-16(10-8-14)23(20,21)17-11-12-22-15-5-3-2-4-6-15/h2-10,17H,11-12H2,1H3,(H,18,19). The van der Waals surface area contributed by atoms with Crippen molar-refractivity contribution in [2.75, 3.05) is 18.5 Å². The summed E-state index contributed by atoms with van der Waals surface area (Å²) in [7, 11) is -3.60. The summed E-state index contributed by atoms with van der Waals surface area (Å²) in [5.41, 5.74) is 0.545. The molecule has 6 nitrogen and oxygen atoms in total. The van der Waals surface area contributed by atoms with Crippen molar-refractivity contribution in [1.29, 1.82) is 0 Å². The highest BCUT2D eigenvalue weighted by Crippen LogP contribution is 2.14. The molecule has 0 saturated carbocycles. The number of sulfonamides is 1. The molecule has 2 rings (SSSR count). The van der Waals surface area contributed by atoms with Gasteiger partial charge in [-0.25, -0.2) is 13.1 Å². The minimum absolute atomic E-state index is 0.131. The van der Waals surface area contributed by atoms with Gasteiger partial charge in [0.05, 0.1) is 4.90 Å². The van der Waals surface area contributed by atoms with Crippen LogP contribution in [0.4, 0.5) is 5.69 Å². The first-order valence-corrected chi connectivity index (χ1v) is 8.51. The third kappa shape index (κ3) is 5.39. The van der Waals surface area contributed by atoms with Crippen molar-refractivity contribution in [3.8, 4) is 5.75 Å². The van der Waals surface area contributed by atoms with Gasteiger partial charge in [0.1, 0.15) is 12.4 Å². The first-order valence-electron chi connectivity index (χ1n) is 7.02. The fourth-order valence-corrected chi connectivity index (χ4v) is 2.88. The van der Waals surface area contributed by atoms with Gasteiger partial charge >= 0.3 is 0 Å². The molecule has 0 aliphatic carbocycles. The molecule has 122 valence electrons. The molecule has 2 aromatic carbocycles. The Labute approximate surface area is 135 Å². The van der Waals surface area contributed by atoms with Gasteiger partial charge in [0, 0.05) is 19.2 Å². The predicted molar refractivity (Wildman–Crippen MR) is 87.9 cm³/mol. The van der Waals surface area contributed by atoms with E-state index in [0.29, 0.717) is 11.4 Å². The minimum Gasteiger partial charge on any atom is -0.492 e. The molecule has 0 spiro atoms. The summed E-state index contributed by atoms with van der Waals surface area (Å²) in [6, 6.07) is 15.1. The third-order valence-corrected chi connectivity index (χ3v) is 4.37. The Hall–Kier alpha value is -2.38. The lowest BCUT2D eigenvalue weighted by Crippen LogP contribution is -2.28. The molecule has 0 aliphatic heterocycles. The SMILES string of the molecule is CC(=O)Nc1ccc(S(=O)(=O)NCCOc2ccccc2)cc1. The second-order valence-electron chi connectivity index (χ2n) is 4.76. The largest absolute Gasteiger partial charge is 0.492 e. The highest BCUT2D eigenvalue weighted by Gasteiger charge is 2.13. The van der Waals surface area contributed by atoms with Gasteiger partial charge in [0.25, 0.3) is 0 Å². The number of hydrogen-bond acceptors (Lipinski definition) is 4. The molecule has 0 bridgehead atoms. The molecule has 0 saturated heterocycles. The van der Waals surface area contributed by atoms with Crippen molar-refractivity contribution in [2.45, 2.75) is 11.8 Å². The molecule has 0 aromatic heterocycles.